The van der Waals surface area contributed by atoms with E-state index >= 15 is 0 Å². The molecule has 236 valence electrons. The Labute approximate surface area is 258 Å². The molecule has 13 heteroatoms. The lowest BCUT2D eigenvalue weighted by atomic mass is 9.92. The molecule has 0 saturated carbocycles. The Morgan fingerprint density at radius 3 is 2.53 bits per heavy atom. The predicted octanol–water partition coefficient (Wildman–Crippen LogP) is 6.97. The van der Waals surface area contributed by atoms with Gasteiger partial charge in [0.15, 0.2) is 0 Å². The molecule has 4 aromatic rings. The van der Waals surface area contributed by atoms with Crippen LogP contribution in [0, 0.1) is 0 Å². The summed E-state index contributed by atoms with van der Waals surface area (Å²) in [7, 11) is 3.91. The van der Waals surface area contributed by atoms with Gasteiger partial charge in [0.1, 0.15) is 23.1 Å². The fourth-order valence-corrected chi connectivity index (χ4v) is 4.87. The standard InChI is InChI=1S/C32H34F3N7O3/c1-31(2,3)26-17-27(42(40-26)20-8-6-7-19(15-20)18-41(4)5)38-30(44)37-24-11-9-21(16-23(24)32(33,34)35)45-25-13-14-36-29-22(25)10-12-28(43)39-29/h6-9,11,13-17H,10,12,18H2,1-5H3,(H,36,39,43)(H2,37,38,44). The highest BCUT2D eigenvalue weighted by atomic mass is 19.4. The van der Waals surface area contributed by atoms with E-state index in [1.54, 1.807) is 10.7 Å². The highest BCUT2D eigenvalue weighted by Gasteiger charge is 2.35. The number of pyridine rings is 1. The van der Waals surface area contributed by atoms with Crippen molar-refractivity contribution in [2.45, 2.75) is 51.7 Å². The summed E-state index contributed by atoms with van der Waals surface area (Å²) in [5.74, 6) is 0.597. The molecule has 3 heterocycles. The Bertz CT molecular complexity index is 1740. The van der Waals surface area contributed by atoms with Crippen molar-refractivity contribution in [1.82, 2.24) is 19.7 Å². The van der Waals surface area contributed by atoms with Gasteiger partial charge in [-0.25, -0.2) is 14.5 Å². The van der Waals surface area contributed by atoms with E-state index in [2.05, 4.69) is 20.9 Å². The summed E-state index contributed by atoms with van der Waals surface area (Å²) >= 11 is 0. The molecule has 5 rings (SSSR count). The van der Waals surface area contributed by atoms with Gasteiger partial charge in [0.05, 0.1) is 22.6 Å². The molecule has 3 N–H and O–H groups in total. The van der Waals surface area contributed by atoms with E-state index < -0.39 is 23.5 Å². The van der Waals surface area contributed by atoms with Crippen LogP contribution in [0.2, 0.25) is 0 Å². The number of nitrogens with zero attached hydrogens (tertiary/aromatic N) is 4. The SMILES string of the molecule is CN(C)Cc1cccc(-n2nc(C(C)(C)C)cc2NC(=O)Nc2ccc(Oc3ccnc4c3CCC(=O)N4)cc2C(F)(F)F)c1. The molecule has 10 nitrogen and oxygen atoms in total. The minimum Gasteiger partial charge on any atom is -0.457 e. The van der Waals surface area contributed by atoms with Crippen molar-refractivity contribution < 1.29 is 27.5 Å². The molecule has 0 bridgehead atoms. The second-order valence-electron chi connectivity index (χ2n) is 12.1. The van der Waals surface area contributed by atoms with Gasteiger partial charge in [-0.05, 0) is 62.5 Å². The number of anilines is 3. The quantitative estimate of drug-likeness (QED) is 0.206. The van der Waals surface area contributed by atoms with E-state index in [1.807, 2.05) is 64.0 Å². The number of carbonyl (C=O) groups excluding carboxylic acids is 2. The number of nitrogens with one attached hydrogen (secondary N) is 3. The zero-order valence-corrected chi connectivity index (χ0v) is 25.5. The van der Waals surface area contributed by atoms with Crippen LogP contribution >= 0.6 is 0 Å². The number of halogens is 3. The summed E-state index contributed by atoms with van der Waals surface area (Å²) in [6, 6.07) is 13.3. The van der Waals surface area contributed by atoms with Gasteiger partial charge in [-0.1, -0.05) is 32.9 Å². The number of alkyl halides is 3. The van der Waals surface area contributed by atoms with Crippen LogP contribution in [0.15, 0.2) is 60.8 Å². The highest BCUT2D eigenvalue weighted by molar-refractivity contribution is 6.00. The number of hydrogen-bond donors (Lipinski definition) is 3. The van der Waals surface area contributed by atoms with Gasteiger partial charge in [-0.3, -0.25) is 10.1 Å². The maximum atomic E-state index is 14.2. The molecule has 0 spiro atoms. The van der Waals surface area contributed by atoms with Crippen LogP contribution < -0.4 is 20.7 Å². The first kappa shape index (κ1) is 31.5. The van der Waals surface area contributed by atoms with E-state index in [0.717, 1.165) is 17.7 Å². The number of amides is 3. The largest absolute Gasteiger partial charge is 0.457 e. The zero-order chi connectivity index (χ0) is 32.5. The van der Waals surface area contributed by atoms with Crippen molar-refractivity contribution in [2.75, 3.05) is 30.0 Å². The minimum absolute atomic E-state index is 0.0934. The first-order valence-electron chi connectivity index (χ1n) is 14.3. The number of carbonyl (C=O) groups is 2. The molecule has 0 aliphatic carbocycles. The van der Waals surface area contributed by atoms with Gasteiger partial charge in [-0.2, -0.15) is 18.3 Å². The molecule has 3 amide bonds. The van der Waals surface area contributed by atoms with Crippen molar-refractivity contribution >= 4 is 29.3 Å². The van der Waals surface area contributed by atoms with Crippen molar-refractivity contribution in [3.63, 3.8) is 0 Å². The first-order valence-corrected chi connectivity index (χ1v) is 14.3. The molecule has 0 atom stereocenters. The Morgan fingerprint density at radius 2 is 1.82 bits per heavy atom. The number of rotatable bonds is 7. The van der Waals surface area contributed by atoms with E-state index in [1.165, 1.54) is 18.3 Å². The van der Waals surface area contributed by atoms with Crippen LogP contribution in [0.5, 0.6) is 11.5 Å². The fourth-order valence-electron chi connectivity index (χ4n) is 4.87. The summed E-state index contributed by atoms with van der Waals surface area (Å²) in [6.07, 6.45) is -2.86. The lowest BCUT2D eigenvalue weighted by Crippen LogP contribution is -2.23. The van der Waals surface area contributed by atoms with Crippen LogP contribution in [0.1, 0.15) is 49.6 Å². The molecule has 2 aromatic carbocycles. The Kier molecular flexibility index (Phi) is 8.57. The molecular weight excluding hydrogens is 587 g/mol. The van der Waals surface area contributed by atoms with Crippen molar-refractivity contribution in [3.05, 3.63) is 83.2 Å². The smallest absolute Gasteiger partial charge is 0.418 e. The summed E-state index contributed by atoms with van der Waals surface area (Å²) in [6.45, 7) is 6.61. The average molecular weight is 622 g/mol. The fraction of sp³-hybridized carbons (Fsp3) is 0.312. The molecule has 0 unspecified atom stereocenters. The topological polar surface area (TPSA) is 113 Å². The normalized spacial score (nSPS) is 13.3. The molecule has 0 radical (unpaired) electrons. The first-order chi connectivity index (χ1) is 21.2. The van der Waals surface area contributed by atoms with Gasteiger partial charge < -0.3 is 20.3 Å². The van der Waals surface area contributed by atoms with E-state index in [0.29, 0.717) is 41.5 Å². The number of fused-ring (bicyclic) bond motifs is 1. The molecule has 1 aliphatic rings. The second kappa shape index (κ2) is 12.2. The van der Waals surface area contributed by atoms with Gasteiger partial charge >= 0.3 is 12.2 Å². The molecule has 2 aromatic heterocycles. The third-order valence-corrected chi connectivity index (χ3v) is 7.02. The summed E-state index contributed by atoms with van der Waals surface area (Å²) in [5.41, 5.74) is 1.08. The summed E-state index contributed by atoms with van der Waals surface area (Å²) in [4.78, 5) is 31.0. The maximum Gasteiger partial charge on any atom is 0.418 e. The van der Waals surface area contributed by atoms with Crippen LogP contribution in [-0.4, -0.2) is 45.7 Å². The number of benzene rings is 2. The molecular formula is C32H34F3N7O3. The third kappa shape index (κ3) is 7.43. The third-order valence-electron chi connectivity index (χ3n) is 7.02. The molecule has 1 aliphatic heterocycles. The van der Waals surface area contributed by atoms with Crippen LogP contribution in [-0.2, 0) is 29.4 Å². The molecule has 45 heavy (non-hydrogen) atoms. The lowest BCUT2D eigenvalue weighted by Gasteiger charge is -2.20. The summed E-state index contributed by atoms with van der Waals surface area (Å²) < 4.78 is 50.0. The monoisotopic (exact) mass is 621 g/mol. The average Bonchev–Trinajstić information content (AvgIpc) is 3.37. The van der Waals surface area contributed by atoms with E-state index in [9.17, 15) is 22.8 Å². The number of aromatic nitrogens is 3. The van der Waals surface area contributed by atoms with E-state index in [-0.39, 0.29) is 29.2 Å². The van der Waals surface area contributed by atoms with Crippen LogP contribution in [0.3, 0.4) is 0 Å². The van der Waals surface area contributed by atoms with Crippen LogP contribution in [0.25, 0.3) is 5.69 Å². The van der Waals surface area contributed by atoms with Gasteiger partial charge in [0.25, 0.3) is 0 Å². The molecule has 0 saturated heterocycles. The van der Waals surface area contributed by atoms with Crippen molar-refractivity contribution in [2.24, 2.45) is 0 Å². The maximum absolute atomic E-state index is 14.2. The predicted molar refractivity (Wildman–Crippen MR) is 165 cm³/mol. The zero-order valence-electron chi connectivity index (χ0n) is 25.5. The second-order valence-corrected chi connectivity index (χ2v) is 12.1. The summed E-state index contributed by atoms with van der Waals surface area (Å²) in [5, 5.41) is 12.4. The number of hydrogen-bond acceptors (Lipinski definition) is 6. The number of ether oxygens (including phenoxy) is 1. The molecule has 0 fully saturated rings. The lowest BCUT2D eigenvalue weighted by molar-refractivity contribution is -0.137. The number of urea groups is 1. The van der Waals surface area contributed by atoms with Gasteiger partial charge in [0.2, 0.25) is 5.91 Å². The Hall–Kier alpha value is -4.91. The van der Waals surface area contributed by atoms with E-state index in [4.69, 9.17) is 9.84 Å². The minimum atomic E-state index is -4.80. The van der Waals surface area contributed by atoms with Gasteiger partial charge in [-0.15, -0.1) is 0 Å². The Morgan fingerprint density at radius 1 is 1.04 bits per heavy atom. The van der Waals surface area contributed by atoms with Gasteiger partial charge in [0, 0.05) is 36.2 Å². The van der Waals surface area contributed by atoms with Crippen LogP contribution in [0.4, 0.5) is 35.3 Å². The Balaban J connectivity index is 1.41. The van der Waals surface area contributed by atoms with Crippen molar-refractivity contribution in [3.8, 4) is 17.2 Å². The highest BCUT2D eigenvalue weighted by Crippen LogP contribution is 2.39. The van der Waals surface area contributed by atoms with Crippen molar-refractivity contribution in [1.29, 1.82) is 0 Å².